The number of hydrogen-bond acceptors (Lipinski definition) is 5. The highest BCUT2D eigenvalue weighted by molar-refractivity contribution is 6.00. The molecule has 2 heterocycles. The third-order valence-electron chi connectivity index (χ3n) is 5.83. The minimum absolute atomic E-state index is 0.0794. The van der Waals surface area contributed by atoms with Crippen LogP contribution in [-0.4, -0.2) is 48.3 Å². The fourth-order valence-electron chi connectivity index (χ4n) is 4.32. The maximum absolute atomic E-state index is 14.7. The van der Waals surface area contributed by atoms with E-state index in [1.165, 1.54) is 30.5 Å². The number of carbonyl (C=O) groups excluding carboxylic acids is 1. The summed E-state index contributed by atoms with van der Waals surface area (Å²) in [4.78, 5) is 28.7. The first-order valence-corrected chi connectivity index (χ1v) is 11.7. The second-order valence-electron chi connectivity index (χ2n) is 9.22. The molecule has 38 heavy (non-hydrogen) atoms. The summed E-state index contributed by atoms with van der Waals surface area (Å²) in [5.74, 6) is -1.05. The van der Waals surface area contributed by atoms with E-state index in [-0.39, 0.29) is 29.5 Å². The second-order valence-corrected chi connectivity index (χ2v) is 9.22. The zero-order valence-corrected chi connectivity index (χ0v) is 20.8. The fourth-order valence-corrected chi connectivity index (χ4v) is 4.32. The van der Waals surface area contributed by atoms with E-state index in [9.17, 15) is 27.2 Å². The highest BCUT2D eigenvalue weighted by atomic mass is 19.4. The van der Waals surface area contributed by atoms with Gasteiger partial charge in [-0.2, -0.15) is 13.2 Å². The van der Waals surface area contributed by atoms with E-state index < -0.39 is 34.7 Å². The highest BCUT2D eigenvalue weighted by Gasteiger charge is 2.42. The van der Waals surface area contributed by atoms with Gasteiger partial charge in [-0.3, -0.25) is 9.69 Å². The lowest BCUT2D eigenvalue weighted by molar-refractivity contribution is -0.141. The van der Waals surface area contributed by atoms with Gasteiger partial charge in [0.25, 0.3) is 5.56 Å². The van der Waals surface area contributed by atoms with Crippen molar-refractivity contribution in [2.45, 2.75) is 25.6 Å². The molecule has 3 aromatic rings. The van der Waals surface area contributed by atoms with E-state index in [1.54, 1.807) is 13.8 Å². The molecule has 1 saturated heterocycles. The largest absolute Gasteiger partial charge is 0.488 e. The smallest absolute Gasteiger partial charge is 0.420 e. The standard InChI is InChI=1S/C26H26F4N4O4/c1-4-37-22-10-16(12-31-23(22)35)15-5-7-20(19(27)9-15)33-24(36)32-17-6-8-21(18(11-17)26(28,29)30)38-25(2)13-34(3)14-25/h5-12H,4,13-14H2,1-3H3,(H,31,35)(H2,32,33,36). The average Bonchev–Trinajstić information content (AvgIpc) is 2.81. The van der Waals surface area contributed by atoms with Crippen molar-refractivity contribution in [3.8, 4) is 22.6 Å². The molecule has 1 aromatic heterocycles. The number of benzene rings is 2. The maximum Gasteiger partial charge on any atom is 0.420 e. The zero-order valence-electron chi connectivity index (χ0n) is 20.8. The Morgan fingerprint density at radius 2 is 1.82 bits per heavy atom. The van der Waals surface area contributed by atoms with Gasteiger partial charge in [0, 0.05) is 30.5 Å². The number of nitrogens with one attached hydrogen (secondary N) is 3. The van der Waals surface area contributed by atoms with Gasteiger partial charge in [0.1, 0.15) is 17.2 Å². The Kier molecular flexibility index (Phi) is 7.36. The number of likely N-dealkylation sites (tertiary alicyclic amines) is 1. The monoisotopic (exact) mass is 534 g/mol. The number of nitrogens with zero attached hydrogens (tertiary/aromatic N) is 1. The van der Waals surface area contributed by atoms with Crippen LogP contribution < -0.4 is 25.7 Å². The fraction of sp³-hybridized carbons (Fsp3) is 0.308. The predicted octanol–water partition coefficient (Wildman–Crippen LogP) is 5.33. The van der Waals surface area contributed by atoms with Crippen LogP contribution in [0.2, 0.25) is 0 Å². The van der Waals surface area contributed by atoms with E-state index in [1.807, 2.05) is 11.9 Å². The maximum atomic E-state index is 14.7. The summed E-state index contributed by atoms with van der Waals surface area (Å²) in [6.07, 6.45) is -3.32. The van der Waals surface area contributed by atoms with Crippen molar-refractivity contribution in [1.82, 2.24) is 9.88 Å². The number of alkyl halides is 3. The van der Waals surface area contributed by atoms with Crippen LogP contribution in [0.25, 0.3) is 11.1 Å². The van der Waals surface area contributed by atoms with Gasteiger partial charge in [-0.1, -0.05) is 6.07 Å². The summed E-state index contributed by atoms with van der Waals surface area (Å²) in [7, 11) is 1.83. The minimum atomic E-state index is -4.72. The molecule has 0 atom stereocenters. The summed E-state index contributed by atoms with van der Waals surface area (Å²) in [5.41, 5.74) is -1.66. The molecule has 1 aliphatic heterocycles. The lowest BCUT2D eigenvalue weighted by Gasteiger charge is -2.46. The van der Waals surface area contributed by atoms with Crippen molar-refractivity contribution >= 4 is 17.4 Å². The Morgan fingerprint density at radius 3 is 2.45 bits per heavy atom. The number of anilines is 2. The normalized spacial score (nSPS) is 14.9. The summed E-state index contributed by atoms with van der Waals surface area (Å²) < 4.78 is 66.8. The third-order valence-corrected chi connectivity index (χ3v) is 5.83. The molecule has 1 fully saturated rings. The van der Waals surface area contributed by atoms with Gasteiger partial charge < -0.3 is 25.1 Å². The number of pyridine rings is 1. The molecule has 0 radical (unpaired) electrons. The van der Waals surface area contributed by atoms with Crippen molar-refractivity contribution in [1.29, 1.82) is 0 Å². The molecular formula is C26H26F4N4O4. The van der Waals surface area contributed by atoms with Crippen LogP contribution in [0.1, 0.15) is 19.4 Å². The first-order chi connectivity index (χ1) is 17.9. The highest BCUT2D eigenvalue weighted by Crippen LogP contribution is 2.40. The Hall–Kier alpha value is -4.06. The molecule has 8 nitrogen and oxygen atoms in total. The van der Waals surface area contributed by atoms with Gasteiger partial charge >= 0.3 is 12.2 Å². The van der Waals surface area contributed by atoms with Crippen LogP contribution in [0.4, 0.5) is 33.7 Å². The van der Waals surface area contributed by atoms with Crippen LogP contribution in [0.5, 0.6) is 11.5 Å². The van der Waals surface area contributed by atoms with Crippen LogP contribution in [-0.2, 0) is 6.18 Å². The van der Waals surface area contributed by atoms with E-state index in [2.05, 4.69) is 15.6 Å². The number of carbonyl (C=O) groups is 1. The molecule has 0 aliphatic carbocycles. The number of aromatic nitrogens is 1. The molecule has 0 spiro atoms. The van der Waals surface area contributed by atoms with Crippen LogP contribution >= 0.6 is 0 Å². The minimum Gasteiger partial charge on any atom is -0.488 e. The molecule has 2 aromatic carbocycles. The zero-order chi connectivity index (χ0) is 27.7. The Bertz CT molecular complexity index is 1400. The lowest BCUT2D eigenvalue weighted by Crippen LogP contribution is -2.61. The first-order valence-electron chi connectivity index (χ1n) is 11.7. The molecule has 202 valence electrons. The first kappa shape index (κ1) is 27.0. The molecule has 0 unspecified atom stereocenters. The van der Waals surface area contributed by atoms with E-state index in [0.29, 0.717) is 24.2 Å². The van der Waals surface area contributed by atoms with Crippen molar-refractivity contribution in [2.75, 3.05) is 37.4 Å². The Balaban J connectivity index is 1.48. The van der Waals surface area contributed by atoms with Crippen molar-refractivity contribution in [2.24, 2.45) is 0 Å². The number of halogens is 4. The third kappa shape index (κ3) is 6.08. The number of ether oxygens (including phenoxy) is 2. The number of likely N-dealkylation sites (N-methyl/N-ethyl adjacent to an activating group) is 1. The summed E-state index contributed by atoms with van der Waals surface area (Å²) in [6.45, 7) is 4.68. The SMILES string of the molecule is CCOc1cc(-c2ccc(NC(=O)Nc3ccc(OC4(C)CN(C)C4)c(C(F)(F)F)c3)c(F)c2)c[nH]c1=O. The number of hydrogen-bond donors (Lipinski definition) is 3. The molecule has 0 saturated carbocycles. The van der Waals surface area contributed by atoms with E-state index in [0.717, 1.165) is 18.2 Å². The molecular weight excluding hydrogens is 508 g/mol. The van der Waals surface area contributed by atoms with Gasteiger partial charge in [-0.05, 0) is 62.9 Å². The average molecular weight is 535 g/mol. The summed E-state index contributed by atoms with van der Waals surface area (Å²) >= 11 is 0. The predicted molar refractivity (Wildman–Crippen MR) is 134 cm³/mol. The van der Waals surface area contributed by atoms with E-state index in [4.69, 9.17) is 9.47 Å². The lowest BCUT2D eigenvalue weighted by atomic mass is 9.97. The topological polar surface area (TPSA) is 95.7 Å². The number of amides is 2. The molecule has 12 heteroatoms. The van der Waals surface area contributed by atoms with Gasteiger partial charge in [0.05, 0.1) is 17.9 Å². The number of aromatic amines is 1. The van der Waals surface area contributed by atoms with Crippen molar-refractivity contribution in [3.63, 3.8) is 0 Å². The quantitative estimate of drug-likeness (QED) is 0.357. The molecule has 2 amide bonds. The summed E-state index contributed by atoms with van der Waals surface area (Å²) in [6, 6.07) is 7.68. The molecule has 1 aliphatic rings. The Labute approximate surface area is 215 Å². The van der Waals surface area contributed by atoms with E-state index >= 15 is 0 Å². The second kappa shape index (κ2) is 10.4. The van der Waals surface area contributed by atoms with Crippen LogP contribution in [0.15, 0.2) is 53.5 Å². The summed E-state index contributed by atoms with van der Waals surface area (Å²) in [5, 5.41) is 4.58. The number of rotatable bonds is 7. The Morgan fingerprint density at radius 1 is 1.08 bits per heavy atom. The van der Waals surface area contributed by atoms with Crippen molar-refractivity contribution in [3.05, 3.63) is 70.4 Å². The number of urea groups is 1. The van der Waals surface area contributed by atoms with Gasteiger partial charge in [0.15, 0.2) is 5.75 Å². The van der Waals surface area contributed by atoms with Gasteiger partial charge in [0.2, 0.25) is 0 Å². The molecule has 4 rings (SSSR count). The molecule has 3 N–H and O–H groups in total. The van der Waals surface area contributed by atoms with Gasteiger partial charge in [-0.15, -0.1) is 0 Å². The number of H-pyrrole nitrogens is 1. The van der Waals surface area contributed by atoms with Crippen LogP contribution in [0, 0.1) is 5.82 Å². The van der Waals surface area contributed by atoms with Crippen molar-refractivity contribution < 1.29 is 31.8 Å². The molecule has 0 bridgehead atoms. The van der Waals surface area contributed by atoms with Gasteiger partial charge in [-0.25, -0.2) is 9.18 Å². The van der Waals surface area contributed by atoms with Crippen LogP contribution in [0.3, 0.4) is 0 Å².